The lowest BCUT2D eigenvalue weighted by Gasteiger charge is -1.99. The van der Waals surface area contributed by atoms with Gasteiger partial charge in [-0.1, -0.05) is 12.1 Å². The minimum Gasteiger partial charge on any atom is -0.285 e. The minimum absolute atomic E-state index is 0.109. The monoisotopic (exact) mass is 205 g/mol. The van der Waals surface area contributed by atoms with Gasteiger partial charge in [0.05, 0.1) is 0 Å². The Morgan fingerprint density at radius 1 is 1.47 bits per heavy atom. The van der Waals surface area contributed by atoms with E-state index in [-0.39, 0.29) is 17.2 Å². The molecule has 1 N–H and O–H groups in total. The maximum Gasteiger partial charge on any atom is 0.229 e. The molecule has 5 heteroatoms. The van der Waals surface area contributed by atoms with Gasteiger partial charge in [-0.25, -0.2) is 9.37 Å². The molecule has 0 amide bonds. The van der Waals surface area contributed by atoms with E-state index in [4.69, 9.17) is 0 Å². The first-order valence-electron chi connectivity index (χ1n) is 4.34. The summed E-state index contributed by atoms with van der Waals surface area (Å²) in [5.74, 6) is -0.662. The van der Waals surface area contributed by atoms with Gasteiger partial charge in [-0.15, -0.1) is 0 Å². The van der Waals surface area contributed by atoms with E-state index in [9.17, 15) is 9.18 Å². The van der Waals surface area contributed by atoms with Gasteiger partial charge >= 0.3 is 0 Å². The van der Waals surface area contributed by atoms with Crippen LogP contribution in [0.2, 0.25) is 0 Å². The number of benzene rings is 1. The number of aromatic nitrogens is 3. The number of hydrogen-bond acceptors (Lipinski definition) is 3. The molecule has 0 saturated heterocycles. The summed E-state index contributed by atoms with van der Waals surface area (Å²) < 4.78 is 13.2. The number of aromatic amines is 1. The molecule has 0 aliphatic heterocycles. The first kappa shape index (κ1) is 9.51. The Morgan fingerprint density at radius 3 is 2.87 bits per heavy atom. The third-order valence-corrected chi connectivity index (χ3v) is 2.06. The van der Waals surface area contributed by atoms with Crippen molar-refractivity contribution in [1.29, 1.82) is 0 Å². The second kappa shape index (κ2) is 3.61. The molecule has 2 rings (SSSR count). The quantitative estimate of drug-likeness (QED) is 0.755. The summed E-state index contributed by atoms with van der Waals surface area (Å²) in [6.07, 6.45) is 1.23. The van der Waals surface area contributed by atoms with Crippen LogP contribution in [0.3, 0.4) is 0 Å². The van der Waals surface area contributed by atoms with Crippen molar-refractivity contribution in [3.63, 3.8) is 0 Å². The summed E-state index contributed by atoms with van der Waals surface area (Å²) in [5.41, 5.74) is 0.763. The summed E-state index contributed by atoms with van der Waals surface area (Å²) in [6, 6.07) is 4.31. The minimum atomic E-state index is -0.402. The Labute approximate surface area is 85.2 Å². The van der Waals surface area contributed by atoms with Crippen LogP contribution < -0.4 is 0 Å². The average Bonchev–Trinajstić information content (AvgIpc) is 2.74. The molecule has 0 fully saturated rings. The summed E-state index contributed by atoms with van der Waals surface area (Å²) in [7, 11) is 0. The molecular weight excluding hydrogens is 197 g/mol. The average molecular weight is 205 g/mol. The number of ketones is 1. The Balaban J connectivity index is 2.39. The molecule has 1 heterocycles. The van der Waals surface area contributed by atoms with Crippen molar-refractivity contribution in [3.05, 3.63) is 47.3 Å². The van der Waals surface area contributed by atoms with E-state index in [1.165, 1.54) is 12.4 Å². The number of aryl methyl sites for hydroxylation is 1. The van der Waals surface area contributed by atoms with Crippen LogP contribution in [0.15, 0.2) is 24.5 Å². The molecule has 0 spiro atoms. The Bertz CT molecular complexity index is 493. The number of nitrogens with zero attached hydrogens (tertiary/aromatic N) is 2. The van der Waals surface area contributed by atoms with E-state index in [0.717, 1.165) is 0 Å². The molecule has 0 saturated carbocycles. The van der Waals surface area contributed by atoms with Crippen LogP contribution >= 0.6 is 0 Å². The molecule has 15 heavy (non-hydrogen) atoms. The molecule has 76 valence electrons. The fourth-order valence-corrected chi connectivity index (χ4v) is 1.19. The van der Waals surface area contributed by atoms with Crippen LogP contribution in [0.5, 0.6) is 0 Å². The molecule has 0 aliphatic carbocycles. The van der Waals surface area contributed by atoms with Crippen molar-refractivity contribution in [2.45, 2.75) is 6.92 Å². The van der Waals surface area contributed by atoms with Crippen LogP contribution in [0.25, 0.3) is 0 Å². The fraction of sp³-hybridized carbons (Fsp3) is 0.100. The van der Waals surface area contributed by atoms with Gasteiger partial charge in [0.2, 0.25) is 5.78 Å². The van der Waals surface area contributed by atoms with Crippen molar-refractivity contribution in [1.82, 2.24) is 15.2 Å². The van der Waals surface area contributed by atoms with Gasteiger partial charge in [0.1, 0.15) is 12.1 Å². The maximum atomic E-state index is 13.2. The van der Waals surface area contributed by atoms with E-state index >= 15 is 0 Å². The van der Waals surface area contributed by atoms with Crippen molar-refractivity contribution >= 4 is 5.78 Å². The molecule has 0 radical (unpaired) electrons. The summed E-state index contributed by atoms with van der Waals surface area (Å²) >= 11 is 0. The van der Waals surface area contributed by atoms with E-state index < -0.39 is 5.82 Å². The molecule has 0 aliphatic rings. The second-order valence-corrected chi connectivity index (χ2v) is 3.13. The van der Waals surface area contributed by atoms with Gasteiger partial charge in [0.15, 0.2) is 5.82 Å². The zero-order chi connectivity index (χ0) is 10.8. The van der Waals surface area contributed by atoms with Crippen LogP contribution in [0, 0.1) is 12.7 Å². The highest BCUT2D eigenvalue weighted by atomic mass is 19.1. The van der Waals surface area contributed by atoms with Gasteiger partial charge < -0.3 is 0 Å². The van der Waals surface area contributed by atoms with Gasteiger partial charge in [-0.3, -0.25) is 9.89 Å². The summed E-state index contributed by atoms with van der Waals surface area (Å²) in [5, 5.41) is 5.99. The lowest BCUT2D eigenvalue weighted by atomic mass is 10.1. The molecule has 0 atom stereocenters. The van der Waals surface area contributed by atoms with Crippen LogP contribution in [-0.2, 0) is 0 Å². The zero-order valence-corrected chi connectivity index (χ0v) is 7.99. The predicted octanol–water partition coefficient (Wildman–Crippen LogP) is 1.48. The Morgan fingerprint density at radius 2 is 2.27 bits per heavy atom. The molecule has 1 aromatic carbocycles. The van der Waals surface area contributed by atoms with Gasteiger partial charge in [-0.05, 0) is 18.6 Å². The predicted molar refractivity (Wildman–Crippen MR) is 51.0 cm³/mol. The molecule has 1 aromatic heterocycles. The second-order valence-electron chi connectivity index (χ2n) is 3.13. The highest BCUT2D eigenvalue weighted by molar-refractivity contribution is 6.06. The number of H-pyrrole nitrogens is 1. The number of hydrogen-bond donors (Lipinski definition) is 1. The maximum absolute atomic E-state index is 13.2. The van der Waals surface area contributed by atoms with Crippen molar-refractivity contribution in [3.8, 4) is 0 Å². The third-order valence-electron chi connectivity index (χ3n) is 2.06. The summed E-state index contributed by atoms with van der Waals surface area (Å²) in [4.78, 5) is 15.4. The first-order valence-corrected chi connectivity index (χ1v) is 4.34. The first-order chi connectivity index (χ1) is 7.18. The fourth-order valence-electron chi connectivity index (χ4n) is 1.19. The number of carbonyl (C=O) groups is 1. The van der Waals surface area contributed by atoms with Gasteiger partial charge in [0, 0.05) is 5.56 Å². The number of halogens is 1. The summed E-state index contributed by atoms with van der Waals surface area (Å²) in [6.45, 7) is 1.64. The van der Waals surface area contributed by atoms with E-state index in [1.807, 2.05) is 0 Å². The van der Waals surface area contributed by atoms with E-state index in [0.29, 0.717) is 5.56 Å². The van der Waals surface area contributed by atoms with E-state index in [1.54, 1.807) is 19.1 Å². The topological polar surface area (TPSA) is 58.6 Å². The largest absolute Gasteiger partial charge is 0.285 e. The number of nitrogens with one attached hydrogen (secondary N) is 1. The molecule has 0 bridgehead atoms. The highest BCUT2D eigenvalue weighted by Crippen LogP contribution is 2.11. The smallest absolute Gasteiger partial charge is 0.229 e. The molecular formula is C10H8FN3O. The SMILES string of the molecule is Cc1ccc(C(=O)c2ncn[nH]2)cc1F. The van der Waals surface area contributed by atoms with Crippen LogP contribution in [-0.4, -0.2) is 21.0 Å². The zero-order valence-electron chi connectivity index (χ0n) is 7.99. The van der Waals surface area contributed by atoms with E-state index in [2.05, 4.69) is 15.2 Å². The molecule has 0 unspecified atom stereocenters. The Hall–Kier alpha value is -2.04. The lowest BCUT2D eigenvalue weighted by Crippen LogP contribution is -2.04. The van der Waals surface area contributed by atoms with Crippen molar-refractivity contribution < 1.29 is 9.18 Å². The lowest BCUT2D eigenvalue weighted by molar-refractivity contribution is 0.102. The highest BCUT2D eigenvalue weighted by Gasteiger charge is 2.12. The van der Waals surface area contributed by atoms with Gasteiger partial charge in [-0.2, -0.15) is 5.10 Å². The van der Waals surface area contributed by atoms with Crippen LogP contribution in [0.4, 0.5) is 4.39 Å². The third kappa shape index (κ3) is 1.76. The molecule has 4 nitrogen and oxygen atoms in total. The standard InChI is InChI=1S/C10H8FN3O/c1-6-2-3-7(4-8(6)11)9(15)10-12-5-13-14-10/h2-5H,1H3,(H,12,13,14). The Kier molecular flexibility index (Phi) is 2.29. The number of rotatable bonds is 2. The van der Waals surface area contributed by atoms with Crippen molar-refractivity contribution in [2.24, 2.45) is 0 Å². The molecule has 2 aromatic rings. The van der Waals surface area contributed by atoms with Gasteiger partial charge in [0.25, 0.3) is 0 Å². The normalized spacial score (nSPS) is 10.3. The van der Waals surface area contributed by atoms with Crippen molar-refractivity contribution in [2.75, 3.05) is 0 Å². The number of carbonyl (C=O) groups excluding carboxylic acids is 1. The van der Waals surface area contributed by atoms with Crippen LogP contribution in [0.1, 0.15) is 21.7 Å².